The van der Waals surface area contributed by atoms with E-state index in [1.54, 1.807) is 0 Å². The lowest BCUT2D eigenvalue weighted by Crippen LogP contribution is -3.21. The Morgan fingerprint density at radius 1 is 1.13 bits per heavy atom. The van der Waals surface area contributed by atoms with Gasteiger partial charge in [-0.15, -0.1) is 0 Å². The zero-order chi connectivity index (χ0) is 22.0. The van der Waals surface area contributed by atoms with Crippen molar-refractivity contribution in [2.75, 3.05) is 6.54 Å². The van der Waals surface area contributed by atoms with Crippen LogP contribution in [0.2, 0.25) is 0 Å². The van der Waals surface area contributed by atoms with Crippen LogP contribution in [-0.4, -0.2) is 45.4 Å². The van der Waals surface area contributed by atoms with Crippen LogP contribution in [0, 0.1) is 28.6 Å². The SMILES string of the molecule is CC(=NO)C1([NH+]2C=CC=CC2)C(O)CC2C3CC=C4CC(O)CCC4(C)C3CCC21C. The molecule has 5 heteroatoms. The third kappa shape index (κ3) is 2.69. The van der Waals surface area contributed by atoms with Gasteiger partial charge in [0.05, 0.1) is 12.3 Å². The molecule has 4 aliphatic carbocycles. The van der Waals surface area contributed by atoms with E-state index in [9.17, 15) is 15.4 Å². The van der Waals surface area contributed by atoms with Gasteiger partial charge < -0.3 is 15.4 Å². The Morgan fingerprint density at radius 3 is 2.65 bits per heavy atom. The van der Waals surface area contributed by atoms with Crippen LogP contribution in [0.4, 0.5) is 0 Å². The summed E-state index contributed by atoms with van der Waals surface area (Å²) in [5.41, 5.74) is 1.58. The molecule has 170 valence electrons. The van der Waals surface area contributed by atoms with Crippen molar-refractivity contribution in [2.45, 2.75) is 83.5 Å². The van der Waals surface area contributed by atoms with Crippen molar-refractivity contribution >= 4 is 5.71 Å². The molecule has 5 nitrogen and oxygen atoms in total. The van der Waals surface area contributed by atoms with Gasteiger partial charge in [0.15, 0.2) is 5.54 Å². The van der Waals surface area contributed by atoms with Crippen LogP contribution in [0.15, 0.2) is 41.2 Å². The molecule has 31 heavy (non-hydrogen) atoms. The van der Waals surface area contributed by atoms with Crippen molar-refractivity contribution in [3.05, 3.63) is 36.1 Å². The van der Waals surface area contributed by atoms with Crippen molar-refractivity contribution in [3.8, 4) is 0 Å². The van der Waals surface area contributed by atoms with E-state index in [0.29, 0.717) is 23.5 Å². The molecule has 0 aromatic heterocycles. The number of fused-ring (bicyclic) bond motifs is 5. The van der Waals surface area contributed by atoms with Gasteiger partial charge in [-0.05, 0) is 87.2 Å². The number of oxime groups is 1. The molecule has 4 N–H and O–H groups in total. The van der Waals surface area contributed by atoms with Gasteiger partial charge in [-0.1, -0.05) is 36.7 Å². The molecule has 0 saturated heterocycles. The van der Waals surface area contributed by atoms with Crippen LogP contribution in [-0.2, 0) is 0 Å². The smallest absolute Gasteiger partial charge is 0.175 e. The summed E-state index contributed by atoms with van der Waals surface area (Å²) in [4.78, 5) is 1.19. The first-order valence-corrected chi connectivity index (χ1v) is 12.2. The maximum Gasteiger partial charge on any atom is 0.175 e. The summed E-state index contributed by atoms with van der Waals surface area (Å²) in [6.45, 7) is 7.51. The highest BCUT2D eigenvalue weighted by molar-refractivity contribution is 5.92. The fraction of sp³-hybridized carbons (Fsp3) is 0.731. The zero-order valence-electron chi connectivity index (χ0n) is 19.2. The fourth-order valence-electron chi connectivity index (χ4n) is 9.04. The summed E-state index contributed by atoms with van der Waals surface area (Å²) in [6, 6.07) is 0. The lowest BCUT2D eigenvalue weighted by atomic mass is 9.46. The topological polar surface area (TPSA) is 77.5 Å². The molecule has 5 rings (SSSR count). The van der Waals surface area contributed by atoms with Gasteiger partial charge >= 0.3 is 0 Å². The number of aliphatic hydroxyl groups is 2. The summed E-state index contributed by atoms with van der Waals surface area (Å²) in [6.07, 6.45) is 16.9. The van der Waals surface area contributed by atoms with Gasteiger partial charge in [0.2, 0.25) is 0 Å². The monoisotopic (exact) mass is 427 g/mol. The van der Waals surface area contributed by atoms with Gasteiger partial charge in [-0.2, -0.15) is 0 Å². The molecule has 1 heterocycles. The molecule has 0 radical (unpaired) electrons. The fourth-order valence-corrected chi connectivity index (χ4v) is 9.04. The quantitative estimate of drug-likeness (QED) is 0.237. The number of nitrogens with zero attached hydrogens (tertiary/aromatic N) is 1. The molecule has 0 aromatic rings. The molecular formula is C26H39N2O3+. The molecule has 9 unspecified atom stereocenters. The normalized spacial score (nSPS) is 51.6. The Morgan fingerprint density at radius 2 is 1.94 bits per heavy atom. The van der Waals surface area contributed by atoms with Gasteiger partial charge in [0.25, 0.3) is 0 Å². The average molecular weight is 428 g/mol. The minimum Gasteiger partial charge on any atom is -0.411 e. The second-order valence-electron chi connectivity index (χ2n) is 11.4. The lowest BCUT2D eigenvalue weighted by molar-refractivity contribution is -0.898. The molecule has 5 aliphatic rings. The first-order chi connectivity index (χ1) is 14.8. The summed E-state index contributed by atoms with van der Waals surface area (Å²) in [7, 11) is 0. The van der Waals surface area contributed by atoms with Gasteiger partial charge in [-0.3, -0.25) is 4.90 Å². The Hall–Kier alpha value is -1.43. The molecule has 1 aliphatic heterocycles. The largest absolute Gasteiger partial charge is 0.411 e. The Balaban J connectivity index is 1.57. The van der Waals surface area contributed by atoms with E-state index in [1.165, 1.54) is 10.5 Å². The number of allylic oxidation sites excluding steroid dienone is 3. The molecule has 0 amide bonds. The number of quaternary nitrogens is 1. The number of nitrogens with one attached hydrogen (secondary N) is 1. The van der Waals surface area contributed by atoms with Gasteiger partial charge in [0, 0.05) is 5.41 Å². The van der Waals surface area contributed by atoms with Crippen molar-refractivity contribution in [1.29, 1.82) is 0 Å². The molecule has 3 saturated carbocycles. The van der Waals surface area contributed by atoms with Crippen LogP contribution in [0.1, 0.15) is 65.7 Å². The Kier molecular flexibility index (Phi) is 5.04. The number of hydrogen-bond acceptors (Lipinski definition) is 4. The van der Waals surface area contributed by atoms with Crippen LogP contribution in [0.5, 0.6) is 0 Å². The Labute approximate surface area is 186 Å². The summed E-state index contributed by atoms with van der Waals surface area (Å²) in [5.74, 6) is 1.54. The molecule has 0 spiro atoms. The van der Waals surface area contributed by atoms with Crippen LogP contribution >= 0.6 is 0 Å². The Bertz CT molecular complexity index is 863. The van der Waals surface area contributed by atoms with Crippen molar-refractivity contribution < 1.29 is 20.3 Å². The number of aliphatic hydroxyl groups excluding tert-OH is 2. The zero-order valence-corrected chi connectivity index (χ0v) is 19.2. The molecule has 0 bridgehead atoms. The summed E-state index contributed by atoms with van der Waals surface area (Å²) in [5, 5.41) is 35.6. The first kappa shape index (κ1) is 21.4. The molecular weight excluding hydrogens is 388 g/mol. The highest BCUT2D eigenvalue weighted by Gasteiger charge is 2.73. The summed E-state index contributed by atoms with van der Waals surface area (Å²) < 4.78 is 0. The second-order valence-corrected chi connectivity index (χ2v) is 11.4. The van der Waals surface area contributed by atoms with E-state index in [1.807, 2.05) is 6.92 Å². The van der Waals surface area contributed by atoms with Crippen LogP contribution < -0.4 is 4.90 Å². The third-order valence-corrected chi connectivity index (χ3v) is 10.5. The van der Waals surface area contributed by atoms with Crippen LogP contribution in [0.25, 0.3) is 0 Å². The highest BCUT2D eigenvalue weighted by Crippen LogP contribution is 2.66. The van der Waals surface area contributed by atoms with E-state index < -0.39 is 11.6 Å². The van der Waals surface area contributed by atoms with E-state index in [2.05, 4.69) is 49.5 Å². The van der Waals surface area contributed by atoms with E-state index in [4.69, 9.17) is 0 Å². The summed E-state index contributed by atoms with van der Waals surface area (Å²) >= 11 is 0. The molecule has 3 fully saturated rings. The minimum atomic E-state index is -0.605. The maximum absolute atomic E-state index is 11.7. The van der Waals surface area contributed by atoms with E-state index in [-0.39, 0.29) is 16.9 Å². The van der Waals surface area contributed by atoms with Gasteiger partial charge in [0.1, 0.15) is 18.4 Å². The van der Waals surface area contributed by atoms with Crippen LogP contribution in [0.3, 0.4) is 0 Å². The number of rotatable bonds is 2. The minimum absolute atomic E-state index is 0.134. The predicted molar refractivity (Wildman–Crippen MR) is 121 cm³/mol. The average Bonchev–Trinajstić information content (AvgIpc) is 3.01. The number of hydrogen-bond donors (Lipinski definition) is 4. The second kappa shape index (κ2) is 7.29. The predicted octanol–water partition coefficient (Wildman–Crippen LogP) is 2.84. The van der Waals surface area contributed by atoms with Gasteiger partial charge in [-0.25, -0.2) is 0 Å². The molecule has 9 atom stereocenters. The van der Waals surface area contributed by atoms with Crippen molar-refractivity contribution in [1.82, 2.24) is 0 Å². The lowest BCUT2D eigenvalue weighted by Gasteiger charge is -2.59. The van der Waals surface area contributed by atoms with Crippen molar-refractivity contribution in [2.24, 2.45) is 33.7 Å². The van der Waals surface area contributed by atoms with E-state index in [0.717, 1.165) is 51.5 Å². The van der Waals surface area contributed by atoms with Crippen molar-refractivity contribution in [3.63, 3.8) is 0 Å². The standard InChI is InChI=1S/C26H38N2O3/c1-17(27-31)26(28-13-5-4-6-14-28)23(30)16-22-20-8-7-18-15-19(29)9-11-24(18,2)21(20)10-12-25(22,26)3/h4-7,13,19-23,29-31H,8-12,14-16H2,1-3H3/p+1. The third-order valence-electron chi connectivity index (χ3n) is 10.5. The highest BCUT2D eigenvalue weighted by atomic mass is 16.4. The molecule has 0 aromatic carbocycles. The maximum atomic E-state index is 11.7. The van der Waals surface area contributed by atoms with E-state index >= 15 is 0 Å². The first-order valence-electron chi connectivity index (χ1n) is 12.2.